The number of carbonyl (C=O) groups is 3. The number of amides is 3. The predicted octanol–water partition coefficient (Wildman–Crippen LogP) is 4.57. The minimum atomic E-state index is -0.724. The Morgan fingerprint density at radius 3 is 2.64 bits per heavy atom. The number of anilines is 2. The number of benzene rings is 2. The van der Waals surface area contributed by atoms with Crippen molar-refractivity contribution in [1.29, 1.82) is 0 Å². The third kappa shape index (κ3) is 5.35. The fraction of sp³-hybridized carbons (Fsp3) is 0.423. The Hall–Kier alpha value is -3.35. The largest absolute Gasteiger partial charge is 0.447 e. The van der Waals surface area contributed by atoms with E-state index >= 15 is 0 Å². The van der Waals surface area contributed by atoms with Gasteiger partial charge in [-0.2, -0.15) is 0 Å². The summed E-state index contributed by atoms with van der Waals surface area (Å²) in [7, 11) is 0. The standard InChI is InChI=1S/C26H31N3O4/c1-17-7-5-9-19(15-17)23(22-12-4-3-8-18(22)2)28-25(31)24(30)27-20-10-6-11-21(16-20)29-13-14-33-26(29)32/h3-4,6,8,10-12,16-17,19,23H,5,7,9,13-15H2,1-2H3,(H,27,30)(H,28,31)/t17-,19-,23+/m0/s1. The van der Waals surface area contributed by atoms with Gasteiger partial charge in [0.25, 0.3) is 0 Å². The normalized spacial score (nSPS) is 21.3. The van der Waals surface area contributed by atoms with Crippen molar-refractivity contribution in [2.24, 2.45) is 11.8 Å². The van der Waals surface area contributed by atoms with Crippen molar-refractivity contribution in [3.63, 3.8) is 0 Å². The number of aryl methyl sites for hydroxylation is 1. The molecule has 2 aromatic carbocycles. The maximum atomic E-state index is 13.0. The third-order valence-electron chi connectivity index (χ3n) is 6.64. The summed E-state index contributed by atoms with van der Waals surface area (Å²) in [6.07, 6.45) is 3.96. The second-order valence-electron chi connectivity index (χ2n) is 9.11. The zero-order valence-electron chi connectivity index (χ0n) is 19.2. The first-order valence-corrected chi connectivity index (χ1v) is 11.6. The van der Waals surface area contributed by atoms with Gasteiger partial charge in [-0.1, -0.05) is 50.1 Å². The summed E-state index contributed by atoms with van der Waals surface area (Å²) in [5.41, 5.74) is 3.23. The van der Waals surface area contributed by atoms with E-state index in [0.29, 0.717) is 30.4 Å². The molecular weight excluding hydrogens is 418 g/mol. The Kier molecular flexibility index (Phi) is 6.96. The smallest absolute Gasteiger partial charge is 0.414 e. The maximum Gasteiger partial charge on any atom is 0.414 e. The summed E-state index contributed by atoms with van der Waals surface area (Å²) in [4.78, 5) is 39.1. The van der Waals surface area contributed by atoms with Gasteiger partial charge in [-0.25, -0.2) is 4.79 Å². The average molecular weight is 450 g/mol. The lowest BCUT2D eigenvalue weighted by Crippen LogP contribution is -2.41. The molecule has 3 atom stereocenters. The zero-order chi connectivity index (χ0) is 23.4. The highest BCUT2D eigenvalue weighted by Gasteiger charge is 2.31. The molecule has 0 spiro atoms. The van der Waals surface area contributed by atoms with Gasteiger partial charge in [-0.15, -0.1) is 0 Å². The van der Waals surface area contributed by atoms with E-state index in [2.05, 4.69) is 17.6 Å². The molecule has 0 bridgehead atoms. The fourth-order valence-electron chi connectivity index (χ4n) is 4.94. The molecule has 2 N–H and O–H groups in total. The van der Waals surface area contributed by atoms with Gasteiger partial charge in [0.2, 0.25) is 0 Å². The summed E-state index contributed by atoms with van der Waals surface area (Å²) in [6, 6.07) is 14.7. The van der Waals surface area contributed by atoms with Gasteiger partial charge in [-0.05, 0) is 60.9 Å². The number of cyclic esters (lactones) is 1. The van der Waals surface area contributed by atoms with E-state index in [4.69, 9.17) is 4.74 Å². The Morgan fingerprint density at radius 1 is 1.09 bits per heavy atom. The van der Waals surface area contributed by atoms with Gasteiger partial charge in [0.05, 0.1) is 12.6 Å². The van der Waals surface area contributed by atoms with Crippen LogP contribution in [0.15, 0.2) is 48.5 Å². The molecule has 1 saturated carbocycles. The van der Waals surface area contributed by atoms with Crippen molar-refractivity contribution in [2.45, 2.75) is 45.6 Å². The summed E-state index contributed by atoms with van der Waals surface area (Å²) in [5.74, 6) is -0.497. The monoisotopic (exact) mass is 449 g/mol. The first-order chi connectivity index (χ1) is 15.9. The SMILES string of the molecule is Cc1ccccc1[C@H](NC(=O)C(=O)Nc1cccc(N2CCOC2=O)c1)[C@H]1CCC[C@H](C)C1. The van der Waals surface area contributed by atoms with Crippen LogP contribution in [0.3, 0.4) is 0 Å². The number of nitrogens with zero attached hydrogens (tertiary/aromatic N) is 1. The maximum absolute atomic E-state index is 13.0. The molecule has 7 nitrogen and oxygen atoms in total. The molecule has 0 aromatic heterocycles. The minimum absolute atomic E-state index is 0.210. The quantitative estimate of drug-likeness (QED) is 0.655. The topological polar surface area (TPSA) is 87.7 Å². The lowest BCUT2D eigenvalue weighted by molar-refractivity contribution is -0.137. The van der Waals surface area contributed by atoms with Gasteiger partial charge >= 0.3 is 17.9 Å². The van der Waals surface area contributed by atoms with E-state index < -0.39 is 17.9 Å². The molecule has 174 valence electrons. The van der Waals surface area contributed by atoms with Crippen LogP contribution in [0.4, 0.5) is 16.2 Å². The lowest BCUT2D eigenvalue weighted by atomic mass is 9.76. The Balaban J connectivity index is 1.48. The van der Waals surface area contributed by atoms with Crippen molar-refractivity contribution in [2.75, 3.05) is 23.4 Å². The molecule has 2 fully saturated rings. The van der Waals surface area contributed by atoms with Gasteiger partial charge in [0.1, 0.15) is 6.61 Å². The molecule has 33 heavy (non-hydrogen) atoms. The summed E-state index contributed by atoms with van der Waals surface area (Å²) >= 11 is 0. The molecule has 1 heterocycles. The highest BCUT2D eigenvalue weighted by molar-refractivity contribution is 6.39. The van der Waals surface area contributed by atoms with Crippen LogP contribution in [0, 0.1) is 18.8 Å². The predicted molar refractivity (Wildman–Crippen MR) is 127 cm³/mol. The van der Waals surface area contributed by atoms with Crippen LogP contribution in [-0.2, 0) is 14.3 Å². The number of hydrogen-bond acceptors (Lipinski definition) is 4. The molecule has 2 aliphatic rings. The number of carbonyl (C=O) groups excluding carboxylic acids is 3. The highest BCUT2D eigenvalue weighted by atomic mass is 16.6. The van der Waals surface area contributed by atoms with E-state index in [-0.39, 0.29) is 12.0 Å². The molecule has 2 aromatic rings. The number of nitrogens with one attached hydrogen (secondary N) is 2. The van der Waals surface area contributed by atoms with Crippen LogP contribution in [0.25, 0.3) is 0 Å². The molecule has 7 heteroatoms. The first-order valence-electron chi connectivity index (χ1n) is 11.6. The van der Waals surface area contributed by atoms with Crippen molar-refractivity contribution in [3.8, 4) is 0 Å². The summed E-state index contributed by atoms with van der Waals surface area (Å²) in [6.45, 7) is 5.07. The Bertz CT molecular complexity index is 1040. The molecule has 3 amide bonds. The van der Waals surface area contributed by atoms with Gasteiger partial charge in [-0.3, -0.25) is 14.5 Å². The van der Waals surface area contributed by atoms with Crippen molar-refractivity contribution in [3.05, 3.63) is 59.7 Å². The van der Waals surface area contributed by atoms with Gasteiger partial charge < -0.3 is 15.4 Å². The lowest BCUT2D eigenvalue weighted by Gasteiger charge is -2.34. The van der Waals surface area contributed by atoms with Gasteiger partial charge in [0.15, 0.2) is 0 Å². The summed E-state index contributed by atoms with van der Waals surface area (Å²) in [5, 5.41) is 5.70. The van der Waals surface area contributed by atoms with Crippen LogP contribution in [0.1, 0.15) is 49.8 Å². The van der Waals surface area contributed by atoms with E-state index in [9.17, 15) is 14.4 Å². The first kappa shape index (κ1) is 22.8. The van der Waals surface area contributed by atoms with Crippen molar-refractivity contribution < 1.29 is 19.1 Å². The zero-order valence-corrected chi connectivity index (χ0v) is 19.2. The fourth-order valence-corrected chi connectivity index (χ4v) is 4.94. The van der Waals surface area contributed by atoms with E-state index in [0.717, 1.165) is 30.4 Å². The van der Waals surface area contributed by atoms with Crippen LogP contribution in [0.5, 0.6) is 0 Å². The van der Waals surface area contributed by atoms with Crippen molar-refractivity contribution >= 4 is 29.3 Å². The van der Waals surface area contributed by atoms with Crippen molar-refractivity contribution in [1.82, 2.24) is 5.32 Å². The second kappa shape index (κ2) is 10.1. The molecule has 1 aliphatic heterocycles. The number of hydrogen-bond donors (Lipinski definition) is 2. The molecule has 1 aliphatic carbocycles. The number of ether oxygens (including phenoxy) is 1. The van der Waals surface area contributed by atoms with E-state index in [1.54, 1.807) is 24.3 Å². The van der Waals surface area contributed by atoms with Crippen LogP contribution >= 0.6 is 0 Å². The Morgan fingerprint density at radius 2 is 1.91 bits per heavy atom. The Labute approximate surface area is 194 Å². The summed E-state index contributed by atoms with van der Waals surface area (Å²) < 4.78 is 4.98. The molecular formula is C26H31N3O4. The minimum Gasteiger partial charge on any atom is -0.447 e. The average Bonchev–Trinajstić information content (AvgIpc) is 3.24. The van der Waals surface area contributed by atoms with Crippen LogP contribution < -0.4 is 15.5 Å². The molecule has 1 saturated heterocycles. The van der Waals surface area contributed by atoms with E-state index in [1.807, 2.05) is 31.2 Å². The molecule has 0 unspecified atom stereocenters. The van der Waals surface area contributed by atoms with Crippen LogP contribution in [0.2, 0.25) is 0 Å². The number of rotatable bonds is 5. The van der Waals surface area contributed by atoms with Gasteiger partial charge in [0, 0.05) is 11.4 Å². The van der Waals surface area contributed by atoms with Crippen LogP contribution in [-0.4, -0.2) is 31.1 Å². The second-order valence-corrected chi connectivity index (χ2v) is 9.11. The third-order valence-corrected chi connectivity index (χ3v) is 6.64. The molecule has 4 rings (SSSR count). The van der Waals surface area contributed by atoms with E-state index in [1.165, 1.54) is 11.3 Å². The highest BCUT2D eigenvalue weighted by Crippen LogP contribution is 2.38. The molecule has 0 radical (unpaired) electrons.